The largest absolute Gasteiger partial charge is 0.489 e. The van der Waals surface area contributed by atoms with Crippen molar-refractivity contribution >= 4 is 17.4 Å². The highest BCUT2D eigenvalue weighted by Crippen LogP contribution is 2.19. The molecule has 3 rings (SSSR count). The van der Waals surface area contributed by atoms with Crippen LogP contribution in [-0.4, -0.2) is 21.4 Å². The number of benzene rings is 2. The molecule has 0 atom stereocenters. The van der Waals surface area contributed by atoms with Gasteiger partial charge in [-0.2, -0.15) is 0 Å². The van der Waals surface area contributed by atoms with Crippen molar-refractivity contribution in [3.8, 4) is 5.75 Å². The Bertz CT molecular complexity index is 902. The van der Waals surface area contributed by atoms with Crippen LogP contribution in [-0.2, 0) is 6.61 Å². The first-order valence-corrected chi connectivity index (χ1v) is 9.07. The molecule has 0 saturated heterocycles. The lowest BCUT2D eigenvalue weighted by molar-refractivity contribution is 0.0914. The van der Waals surface area contributed by atoms with E-state index in [9.17, 15) is 4.79 Å². The summed E-state index contributed by atoms with van der Waals surface area (Å²) in [6, 6.07) is 17.6. The lowest BCUT2D eigenvalue weighted by Crippen LogP contribution is -2.40. The number of rotatable bonds is 6. The number of carbonyl (C=O) groups is 1. The molecule has 0 aliphatic heterocycles. The van der Waals surface area contributed by atoms with Crippen LogP contribution < -0.4 is 15.4 Å². The molecule has 0 saturated carbocycles. The van der Waals surface area contributed by atoms with Crippen molar-refractivity contribution in [2.75, 3.05) is 5.32 Å². The topological polar surface area (TPSA) is 76.1 Å². The summed E-state index contributed by atoms with van der Waals surface area (Å²) < 4.78 is 5.78. The molecule has 2 aromatic carbocycles. The van der Waals surface area contributed by atoms with E-state index in [-0.39, 0.29) is 17.1 Å². The molecule has 144 valence electrons. The van der Waals surface area contributed by atoms with Crippen LogP contribution in [0.15, 0.2) is 67.0 Å². The van der Waals surface area contributed by atoms with Gasteiger partial charge in [-0.05, 0) is 50.6 Å². The smallest absolute Gasteiger partial charge is 0.271 e. The Morgan fingerprint density at radius 2 is 1.68 bits per heavy atom. The van der Waals surface area contributed by atoms with Crippen molar-refractivity contribution in [1.82, 2.24) is 15.3 Å². The fraction of sp³-hybridized carbons (Fsp3) is 0.227. The van der Waals surface area contributed by atoms with Gasteiger partial charge in [-0.25, -0.2) is 9.97 Å². The summed E-state index contributed by atoms with van der Waals surface area (Å²) in [7, 11) is 0. The predicted octanol–water partition coefficient (Wildman–Crippen LogP) is 4.33. The second-order valence-corrected chi connectivity index (χ2v) is 7.41. The van der Waals surface area contributed by atoms with Gasteiger partial charge in [0.15, 0.2) is 0 Å². The van der Waals surface area contributed by atoms with Crippen LogP contribution >= 0.6 is 0 Å². The van der Waals surface area contributed by atoms with Gasteiger partial charge in [0.2, 0.25) is 0 Å². The molecule has 0 radical (unpaired) electrons. The zero-order chi connectivity index (χ0) is 20.0. The molecule has 0 aliphatic carbocycles. The van der Waals surface area contributed by atoms with Crippen molar-refractivity contribution in [3.63, 3.8) is 0 Å². The van der Waals surface area contributed by atoms with Crippen LogP contribution in [0.1, 0.15) is 36.8 Å². The third-order valence-electron chi connectivity index (χ3n) is 3.75. The fourth-order valence-electron chi connectivity index (χ4n) is 2.44. The Kier molecular flexibility index (Phi) is 5.89. The first kappa shape index (κ1) is 19.4. The minimum Gasteiger partial charge on any atom is -0.489 e. The Labute approximate surface area is 165 Å². The second-order valence-electron chi connectivity index (χ2n) is 7.41. The third kappa shape index (κ3) is 5.81. The highest BCUT2D eigenvalue weighted by atomic mass is 16.5. The van der Waals surface area contributed by atoms with Crippen molar-refractivity contribution < 1.29 is 9.53 Å². The summed E-state index contributed by atoms with van der Waals surface area (Å²) in [4.78, 5) is 20.5. The van der Waals surface area contributed by atoms with Gasteiger partial charge in [0.05, 0.1) is 12.4 Å². The molecule has 1 heterocycles. The quantitative estimate of drug-likeness (QED) is 0.670. The zero-order valence-corrected chi connectivity index (χ0v) is 16.3. The lowest BCUT2D eigenvalue weighted by Gasteiger charge is -2.19. The van der Waals surface area contributed by atoms with Crippen LogP contribution in [0.5, 0.6) is 5.75 Å². The Morgan fingerprint density at radius 1 is 0.964 bits per heavy atom. The van der Waals surface area contributed by atoms with Crippen LogP contribution in [0, 0.1) is 0 Å². The predicted molar refractivity (Wildman–Crippen MR) is 110 cm³/mol. The highest BCUT2D eigenvalue weighted by Gasteiger charge is 2.16. The summed E-state index contributed by atoms with van der Waals surface area (Å²) in [5.41, 5.74) is 1.94. The lowest BCUT2D eigenvalue weighted by atomic mass is 10.1. The van der Waals surface area contributed by atoms with E-state index < -0.39 is 0 Å². The van der Waals surface area contributed by atoms with Gasteiger partial charge in [-0.15, -0.1) is 0 Å². The number of nitrogens with one attached hydrogen (secondary N) is 2. The number of carbonyl (C=O) groups excluding carboxylic acids is 1. The second kappa shape index (κ2) is 8.52. The average Bonchev–Trinajstić information content (AvgIpc) is 2.67. The minimum atomic E-state index is -0.319. The van der Waals surface area contributed by atoms with E-state index in [1.165, 1.54) is 12.4 Å². The number of hydrogen-bond donors (Lipinski definition) is 2. The normalized spacial score (nSPS) is 11.0. The van der Waals surface area contributed by atoms with Crippen molar-refractivity contribution in [2.24, 2.45) is 0 Å². The molecule has 0 fully saturated rings. The molecule has 3 aromatic rings. The third-order valence-corrected chi connectivity index (χ3v) is 3.75. The monoisotopic (exact) mass is 376 g/mol. The summed E-state index contributed by atoms with van der Waals surface area (Å²) in [6.45, 7) is 6.28. The first-order chi connectivity index (χ1) is 13.4. The number of aromatic nitrogens is 2. The van der Waals surface area contributed by atoms with E-state index in [0.717, 1.165) is 17.0 Å². The van der Waals surface area contributed by atoms with Gasteiger partial charge in [0.25, 0.3) is 5.91 Å². The molecule has 28 heavy (non-hydrogen) atoms. The molecule has 6 heteroatoms. The standard InChI is InChI=1S/C22H24N4O2/c1-22(2,3)26-21(27)19-13-24-20(14-23-19)25-17-9-11-18(12-10-17)28-15-16-7-5-4-6-8-16/h4-14H,15H2,1-3H3,(H,24,25)(H,26,27). The van der Waals surface area contributed by atoms with Crippen molar-refractivity contribution in [1.29, 1.82) is 0 Å². The van der Waals surface area contributed by atoms with E-state index in [0.29, 0.717) is 12.4 Å². The number of ether oxygens (including phenoxy) is 1. The van der Waals surface area contributed by atoms with E-state index in [4.69, 9.17) is 4.74 Å². The molecular formula is C22H24N4O2. The van der Waals surface area contributed by atoms with Gasteiger partial charge >= 0.3 is 0 Å². The van der Waals surface area contributed by atoms with Gasteiger partial charge < -0.3 is 15.4 Å². The molecule has 6 nitrogen and oxygen atoms in total. The zero-order valence-electron chi connectivity index (χ0n) is 16.3. The van der Waals surface area contributed by atoms with E-state index in [2.05, 4.69) is 20.6 Å². The van der Waals surface area contributed by atoms with Gasteiger partial charge in [0, 0.05) is 11.2 Å². The van der Waals surface area contributed by atoms with Crippen molar-refractivity contribution in [3.05, 3.63) is 78.2 Å². The van der Waals surface area contributed by atoms with E-state index in [1.807, 2.05) is 75.4 Å². The number of amides is 1. The Morgan fingerprint density at radius 3 is 2.29 bits per heavy atom. The maximum Gasteiger partial charge on any atom is 0.271 e. The molecule has 1 aromatic heterocycles. The molecule has 0 spiro atoms. The van der Waals surface area contributed by atoms with Crippen LogP contribution in [0.25, 0.3) is 0 Å². The van der Waals surface area contributed by atoms with Crippen LogP contribution in [0.3, 0.4) is 0 Å². The fourth-order valence-corrected chi connectivity index (χ4v) is 2.44. The van der Waals surface area contributed by atoms with Gasteiger partial charge in [-0.1, -0.05) is 30.3 Å². The average molecular weight is 376 g/mol. The Hall–Kier alpha value is -3.41. The maximum absolute atomic E-state index is 12.1. The van der Waals surface area contributed by atoms with Crippen molar-refractivity contribution in [2.45, 2.75) is 32.9 Å². The summed E-state index contributed by atoms with van der Waals surface area (Å²) in [6.07, 6.45) is 3.00. The highest BCUT2D eigenvalue weighted by molar-refractivity contribution is 5.92. The number of nitrogens with zero attached hydrogens (tertiary/aromatic N) is 2. The molecule has 0 aliphatic rings. The minimum absolute atomic E-state index is 0.244. The van der Waals surface area contributed by atoms with Crippen LogP contribution in [0.2, 0.25) is 0 Å². The Balaban J connectivity index is 1.56. The molecular weight excluding hydrogens is 352 g/mol. The summed E-state index contributed by atoms with van der Waals surface area (Å²) in [5, 5.41) is 6.02. The molecule has 2 N–H and O–H groups in total. The maximum atomic E-state index is 12.1. The molecule has 0 unspecified atom stereocenters. The number of hydrogen-bond acceptors (Lipinski definition) is 5. The van der Waals surface area contributed by atoms with Crippen LogP contribution in [0.4, 0.5) is 11.5 Å². The SMILES string of the molecule is CC(C)(C)NC(=O)c1cnc(Nc2ccc(OCc3ccccc3)cc2)cn1. The summed E-state index contributed by atoms with van der Waals surface area (Å²) >= 11 is 0. The first-order valence-electron chi connectivity index (χ1n) is 9.07. The number of anilines is 2. The van der Waals surface area contributed by atoms with E-state index >= 15 is 0 Å². The van der Waals surface area contributed by atoms with Gasteiger partial charge in [-0.3, -0.25) is 4.79 Å². The molecule has 0 bridgehead atoms. The summed E-state index contributed by atoms with van der Waals surface area (Å²) in [5.74, 6) is 1.10. The molecule has 1 amide bonds. The van der Waals surface area contributed by atoms with E-state index in [1.54, 1.807) is 0 Å². The van der Waals surface area contributed by atoms with Gasteiger partial charge in [0.1, 0.15) is 23.9 Å².